The van der Waals surface area contributed by atoms with Gasteiger partial charge in [0.15, 0.2) is 5.50 Å². The predicted octanol–water partition coefficient (Wildman–Crippen LogP) is -0.141. The van der Waals surface area contributed by atoms with Crippen molar-refractivity contribution in [1.82, 2.24) is 0 Å². The van der Waals surface area contributed by atoms with Gasteiger partial charge < -0.3 is 14.7 Å². The van der Waals surface area contributed by atoms with Gasteiger partial charge in [0, 0.05) is 0 Å². The summed E-state index contributed by atoms with van der Waals surface area (Å²) in [7, 11) is 12.7. The zero-order chi connectivity index (χ0) is 23.0. The van der Waals surface area contributed by atoms with Crippen LogP contribution in [0.2, 0.25) is 0 Å². The highest BCUT2D eigenvalue weighted by Gasteiger charge is 2.50. The third-order valence-corrected chi connectivity index (χ3v) is 5.95. The largest absolute Gasteiger partial charge is 0.467 e. The third kappa shape index (κ3) is 3.82. The normalized spacial score (nSPS) is 19.1. The molecule has 2 aromatic rings. The molecule has 2 aromatic carbocycles. The Kier molecular flexibility index (Phi) is 5.68. The van der Waals surface area contributed by atoms with Crippen LogP contribution in [0.4, 0.5) is 0 Å². The quantitative estimate of drug-likeness (QED) is 0.275. The van der Waals surface area contributed by atoms with Crippen LogP contribution in [0.5, 0.6) is 0 Å². The van der Waals surface area contributed by atoms with Crippen molar-refractivity contribution in [3.8, 4) is 0 Å². The van der Waals surface area contributed by atoms with E-state index in [0.717, 1.165) is 0 Å². The molecule has 0 bridgehead atoms. The maximum atomic E-state index is 12.9. The first kappa shape index (κ1) is 22.5. The molecule has 6 radical (unpaired) electrons. The Bertz CT molecular complexity index is 1170. The average molecular weight is 435 g/mol. The molecule has 0 saturated carbocycles. The van der Waals surface area contributed by atoms with Crippen LogP contribution < -0.4 is 5.73 Å². The van der Waals surface area contributed by atoms with Gasteiger partial charge in [0.2, 0.25) is 17.4 Å². The molecule has 3 rings (SSSR count). The second-order valence-corrected chi connectivity index (χ2v) is 8.26. The van der Waals surface area contributed by atoms with Crippen LogP contribution in [0.1, 0.15) is 21.5 Å². The number of hydrogen-bond acceptors (Lipinski definition) is 9. The first-order valence-electron chi connectivity index (χ1n) is 8.50. The van der Waals surface area contributed by atoms with Gasteiger partial charge in [-0.25, -0.2) is 4.79 Å². The summed E-state index contributed by atoms with van der Waals surface area (Å²) < 4.78 is 33.0. The van der Waals surface area contributed by atoms with E-state index in [1.165, 1.54) is 48.5 Å². The van der Waals surface area contributed by atoms with E-state index in [1.807, 2.05) is 0 Å². The van der Waals surface area contributed by atoms with Crippen molar-refractivity contribution >= 4 is 45.4 Å². The molecule has 1 atom stereocenters. The second kappa shape index (κ2) is 7.82. The maximum absolute atomic E-state index is 12.9. The van der Waals surface area contributed by atoms with Gasteiger partial charge in [-0.2, -0.15) is 13.7 Å². The minimum Gasteiger partial charge on any atom is -0.467 e. The Balaban J connectivity index is 1.90. The fourth-order valence-electron chi connectivity index (χ4n) is 2.74. The number of carbonyl (C=O) groups excluding carboxylic acids is 2. The van der Waals surface area contributed by atoms with Gasteiger partial charge >= 0.3 is 16.1 Å². The summed E-state index contributed by atoms with van der Waals surface area (Å²) in [5.41, 5.74) is 3.33. The third-order valence-electron chi connectivity index (χ3n) is 4.50. The number of hydrogen-bond donors (Lipinski definition) is 2. The first-order valence-corrected chi connectivity index (χ1v) is 9.91. The minimum absolute atomic E-state index is 0.000701. The van der Waals surface area contributed by atoms with Crippen molar-refractivity contribution < 1.29 is 37.1 Å². The highest BCUT2D eigenvalue weighted by atomic mass is 32.2. The average Bonchev–Trinajstić information content (AvgIpc) is 2.97. The Morgan fingerprint density at radius 1 is 1.10 bits per heavy atom. The molecule has 0 aromatic heterocycles. The van der Waals surface area contributed by atoms with Gasteiger partial charge in [0.1, 0.15) is 7.85 Å². The molecule has 1 aliphatic heterocycles. The summed E-state index contributed by atoms with van der Waals surface area (Å²) in [6.45, 7) is 0. The van der Waals surface area contributed by atoms with Crippen molar-refractivity contribution in [2.45, 2.75) is 10.0 Å². The molecule has 0 spiro atoms. The van der Waals surface area contributed by atoms with Crippen molar-refractivity contribution in [1.29, 1.82) is 0 Å². The molecular formula is C18H12B3NO8S. The van der Waals surface area contributed by atoms with Crippen LogP contribution in [-0.2, 0) is 38.8 Å². The summed E-state index contributed by atoms with van der Waals surface area (Å²) >= 11 is 0. The molecule has 0 fully saturated rings. The van der Waals surface area contributed by atoms with Gasteiger partial charge in [-0.3, -0.25) is 9.68 Å². The lowest BCUT2D eigenvalue weighted by Gasteiger charge is -2.26. The number of nitrogens with two attached hydrogens (primary N) is 1. The molecule has 9 nitrogen and oxygen atoms in total. The van der Waals surface area contributed by atoms with E-state index in [9.17, 15) is 18.0 Å². The van der Waals surface area contributed by atoms with Gasteiger partial charge in [0.25, 0.3) is 0 Å². The van der Waals surface area contributed by atoms with Crippen molar-refractivity contribution in [2.75, 3.05) is 0 Å². The molecule has 0 saturated heterocycles. The van der Waals surface area contributed by atoms with E-state index in [2.05, 4.69) is 4.89 Å². The fourth-order valence-corrected chi connectivity index (χ4v) is 3.68. The van der Waals surface area contributed by atoms with E-state index in [0.29, 0.717) is 0 Å². The molecule has 0 unspecified atom stereocenters. The van der Waals surface area contributed by atoms with Crippen LogP contribution in [0, 0.1) is 0 Å². The Morgan fingerprint density at radius 3 is 2.23 bits per heavy atom. The summed E-state index contributed by atoms with van der Waals surface area (Å²) in [5, 5.41) is 8.42. The van der Waals surface area contributed by atoms with Crippen LogP contribution in [0.3, 0.4) is 0 Å². The standard InChI is InChI=1S/C18H12B3NO8S/c19-17(11-8-6-10(7-9-11)16(24)29-25)14(23)13(15(22)28-17)30-31(26,27)18(20,21)12-4-2-1-3-5-12/h1-9,25H,22H2/t17-/m1/s1. The topological polar surface area (TPSA) is 142 Å². The van der Waals surface area contributed by atoms with Gasteiger partial charge in [-0.1, -0.05) is 42.5 Å². The van der Waals surface area contributed by atoms with Crippen LogP contribution in [0.25, 0.3) is 0 Å². The Morgan fingerprint density at radius 2 is 1.68 bits per heavy atom. The summed E-state index contributed by atoms with van der Waals surface area (Å²) in [5.74, 6) is -3.79. The maximum Gasteiger partial charge on any atom is 0.372 e. The molecule has 31 heavy (non-hydrogen) atoms. The number of rotatable bonds is 6. The van der Waals surface area contributed by atoms with Crippen LogP contribution >= 0.6 is 0 Å². The molecule has 3 N–H and O–H groups in total. The SMILES string of the molecule is [B]C([B])(c1ccccc1)S(=O)(=O)OC1=C(N)O[C@]([B])(c2ccc(C(=O)OO)cc2)C1=O. The van der Waals surface area contributed by atoms with E-state index in [1.54, 1.807) is 6.07 Å². The van der Waals surface area contributed by atoms with Crippen LogP contribution in [-0.4, -0.2) is 49.0 Å². The smallest absolute Gasteiger partial charge is 0.372 e. The number of ether oxygens (including phenoxy) is 1. The van der Waals surface area contributed by atoms with Gasteiger partial charge in [-0.15, -0.1) is 0 Å². The van der Waals surface area contributed by atoms with E-state index in [-0.39, 0.29) is 16.7 Å². The first-order chi connectivity index (χ1) is 14.4. The minimum atomic E-state index is -4.84. The zero-order valence-corrected chi connectivity index (χ0v) is 16.5. The zero-order valence-electron chi connectivity index (χ0n) is 15.7. The van der Waals surface area contributed by atoms with Crippen molar-refractivity contribution in [3.05, 3.63) is 82.9 Å². The Hall–Kier alpha value is -3.18. The number of Topliss-reactive ketones (excluding diaryl/α,β-unsaturated/α-hetero) is 1. The van der Waals surface area contributed by atoms with Crippen molar-refractivity contribution in [2.24, 2.45) is 5.73 Å². The lowest BCUT2D eigenvalue weighted by Crippen LogP contribution is -2.40. The molecule has 0 amide bonds. The number of ketones is 1. The predicted molar refractivity (Wildman–Crippen MR) is 109 cm³/mol. The Labute approximate surface area is 181 Å². The molecular weight excluding hydrogens is 423 g/mol. The summed E-state index contributed by atoms with van der Waals surface area (Å²) in [4.78, 5) is 27.8. The lowest BCUT2D eigenvalue weighted by molar-refractivity contribution is -0.182. The lowest BCUT2D eigenvalue weighted by atomic mass is 9.65. The summed E-state index contributed by atoms with van der Waals surface area (Å²) in [6, 6.07) is 12.2. The van der Waals surface area contributed by atoms with Gasteiger partial charge in [-0.05, 0) is 23.3 Å². The molecule has 13 heteroatoms. The van der Waals surface area contributed by atoms with E-state index < -0.39 is 43.6 Å². The molecule has 1 heterocycles. The highest BCUT2D eigenvalue weighted by molar-refractivity contribution is 7.90. The van der Waals surface area contributed by atoms with Crippen LogP contribution in [0.15, 0.2) is 66.2 Å². The summed E-state index contributed by atoms with van der Waals surface area (Å²) in [6.07, 6.45) is 0. The fraction of sp³-hybridized carbons (Fsp3) is 0.111. The number of carbonyl (C=O) groups is 2. The highest BCUT2D eigenvalue weighted by Crippen LogP contribution is 2.38. The van der Waals surface area contributed by atoms with E-state index >= 15 is 0 Å². The van der Waals surface area contributed by atoms with Crippen molar-refractivity contribution in [3.63, 3.8) is 0 Å². The molecule has 1 aliphatic rings. The monoisotopic (exact) mass is 435 g/mol. The van der Waals surface area contributed by atoms with E-state index in [4.69, 9.17) is 43.4 Å². The van der Waals surface area contributed by atoms with Gasteiger partial charge in [0.05, 0.1) is 25.8 Å². The second-order valence-electron chi connectivity index (χ2n) is 6.51. The number of benzene rings is 2. The molecule has 0 aliphatic carbocycles. The molecule has 152 valence electrons.